The number of likely N-dealkylation sites (tertiary alicyclic amines) is 1. The van der Waals surface area contributed by atoms with E-state index < -0.39 is 0 Å². The summed E-state index contributed by atoms with van der Waals surface area (Å²) in [6.45, 7) is 6.56. The van der Waals surface area contributed by atoms with Crippen LogP contribution in [0.25, 0.3) is 0 Å². The molecule has 0 spiro atoms. The van der Waals surface area contributed by atoms with Crippen molar-refractivity contribution in [2.45, 2.75) is 44.3 Å². The van der Waals surface area contributed by atoms with Crippen molar-refractivity contribution in [3.63, 3.8) is 0 Å². The van der Waals surface area contributed by atoms with Gasteiger partial charge in [0.15, 0.2) is 5.89 Å². The molecule has 0 unspecified atom stereocenters. The highest BCUT2D eigenvalue weighted by atomic mass is 16.3. The number of benzene rings is 1. The number of hydrogen-bond acceptors (Lipinski definition) is 4. The first-order valence-electron chi connectivity index (χ1n) is 9.23. The summed E-state index contributed by atoms with van der Waals surface area (Å²) in [6.07, 6.45) is 4.55. The summed E-state index contributed by atoms with van der Waals surface area (Å²) in [5.74, 6) is 2.24. The normalized spacial score (nSPS) is 35.3. The number of hydrogen-bond donors (Lipinski definition) is 0. The number of fused-ring (bicyclic) bond motifs is 2. The molecule has 4 saturated heterocycles. The fourth-order valence-electron chi connectivity index (χ4n) is 5.40. The molecular formula is C20H25N3O. The van der Waals surface area contributed by atoms with Crippen LogP contribution in [-0.2, 0) is 6.54 Å². The smallest absolute Gasteiger partial charge is 0.191 e. The van der Waals surface area contributed by atoms with E-state index in [0.717, 1.165) is 30.6 Å². The molecule has 6 rings (SSSR count). The lowest BCUT2D eigenvalue weighted by molar-refractivity contribution is -0.00898. The summed E-state index contributed by atoms with van der Waals surface area (Å²) >= 11 is 0. The molecule has 0 aliphatic carbocycles. The van der Waals surface area contributed by atoms with Gasteiger partial charge in [0.1, 0.15) is 6.26 Å². The lowest BCUT2D eigenvalue weighted by Gasteiger charge is -2.51. The highest BCUT2D eigenvalue weighted by Gasteiger charge is 2.53. The number of nitrogens with zero attached hydrogens (tertiary/aromatic N) is 3. The fourth-order valence-corrected chi connectivity index (χ4v) is 5.40. The number of oxazole rings is 1. The van der Waals surface area contributed by atoms with Crippen molar-refractivity contribution < 1.29 is 4.42 Å². The molecule has 4 aliphatic rings. The summed E-state index contributed by atoms with van der Waals surface area (Å²) < 4.78 is 5.44. The van der Waals surface area contributed by atoms with Crippen LogP contribution in [0, 0.1) is 12.8 Å². The Labute approximate surface area is 143 Å². The molecule has 4 aliphatic heterocycles. The summed E-state index contributed by atoms with van der Waals surface area (Å²) in [4.78, 5) is 10.0. The second-order valence-corrected chi connectivity index (χ2v) is 7.66. The first kappa shape index (κ1) is 14.7. The monoisotopic (exact) mass is 323 g/mol. The Kier molecular flexibility index (Phi) is 3.49. The summed E-state index contributed by atoms with van der Waals surface area (Å²) in [7, 11) is 0. The lowest BCUT2D eigenvalue weighted by atomic mass is 9.75. The van der Waals surface area contributed by atoms with Gasteiger partial charge in [-0.1, -0.05) is 30.3 Å². The van der Waals surface area contributed by atoms with Gasteiger partial charge in [-0.2, -0.15) is 0 Å². The molecule has 24 heavy (non-hydrogen) atoms. The number of aryl methyl sites for hydroxylation is 1. The van der Waals surface area contributed by atoms with Crippen LogP contribution in [0.1, 0.15) is 35.9 Å². The maximum Gasteiger partial charge on any atom is 0.191 e. The molecule has 3 atom stereocenters. The highest BCUT2D eigenvalue weighted by molar-refractivity contribution is 5.27. The molecule has 0 amide bonds. The van der Waals surface area contributed by atoms with E-state index in [9.17, 15) is 0 Å². The molecule has 4 nitrogen and oxygen atoms in total. The van der Waals surface area contributed by atoms with Crippen molar-refractivity contribution >= 4 is 0 Å². The molecule has 2 aromatic rings. The Morgan fingerprint density at radius 3 is 2.62 bits per heavy atom. The number of piperidine rings is 3. The van der Waals surface area contributed by atoms with E-state index in [0.29, 0.717) is 18.0 Å². The third-order valence-electron chi connectivity index (χ3n) is 6.35. The van der Waals surface area contributed by atoms with Crippen LogP contribution < -0.4 is 0 Å². The fraction of sp³-hybridized carbons (Fsp3) is 0.550. The maximum absolute atomic E-state index is 5.44. The second kappa shape index (κ2) is 5.71. The zero-order chi connectivity index (χ0) is 16.1. The zero-order valence-corrected chi connectivity index (χ0v) is 14.3. The predicted octanol–water partition coefficient (Wildman–Crippen LogP) is 3.05. The van der Waals surface area contributed by atoms with Gasteiger partial charge in [0, 0.05) is 38.0 Å². The van der Waals surface area contributed by atoms with Gasteiger partial charge < -0.3 is 4.42 Å². The van der Waals surface area contributed by atoms with Crippen LogP contribution in [0.15, 0.2) is 41.0 Å². The van der Waals surface area contributed by atoms with Crippen molar-refractivity contribution in [2.75, 3.05) is 19.6 Å². The van der Waals surface area contributed by atoms with E-state index in [1.54, 1.807) is 0 Å². The van der Waals surface area contributed by atoms with Crippen molar-refractivity contribution in [1.29, 1.82) is 0 Å². The van der Waals surface area contributed by atoms with Crippen LogP contribution in [0.3, 0.4) is 0 Å². The summed E-state index contributed by atoms with van der Waals surface area (Å²) in [5.41, 5.74) is 2.58. The van der Waals surface area contributed by atoms with Crippen LogP contribution in [0.4, 0.5) is 0 Å². The maximum atomic E-state index is 5.44. The van der Waals surface area contributed by atoms with E-state index in [-0.39, 0.29) is 0 Å². The molecule has 0 N–H and O–H groups in total. The average Bonchev–Trinajstić information content (AvgIpc) is 3.22. The van der Waals surface area contributed by atoms with Gasteiger partial charge in [-0.05, 0) is 37.4 Å². The van der Waals surface area contributed by atoms with E-state index in [1.807, 2.05) is 13.2 Å². The molecular weight excluding hydrogens is 298 g/mol. The number of rotatable bonds is 3. The summed E-state index contributed by atoms with van der Waals surface area (Å²) in [6, 6.07) is 12.5. The van der Waals surface area contributed by atoms with E-state index in [4.69, 9.17) is 4.42 Å². The largest absolute Gasteiger partial charge is 0.449 e. The van der Waals surface area contributed by atoms with Crippen molar-refractivity contribution in [2.24, 2.45) is 5.92 Å². The van der Waals surface area contributed by atoms with Gasteiger partial charge in [-0.3, -0.25) is 9.80 Å². The van der Waals surface area contributed by atoms with Crippen LogP contribution in [0.5, 0.6) is 0 Å². The summed E-state index contributed by atoms with van der Waals surface area (Å²) in [5, 5.41) is 0. The Bertz CT molecular complexity index is 705. The molecule has 1 aromatic heterocycles. The standard InChI is InChI=1S/C20H25N3O/c1-14-21-17(13-24-14)11-23-12-18(15-5-3-2-4-6-15)20-19(23)16-7-9-22(20)10-8-16/h2-6,13,16,18-20H,7-12H2,1H3/t18-,19+,20+/m0/s1. The molecule has 4 heteroatoms. The van der Waals surface area contributed by atoms with Crippen molar-refractivity contribution in [3.05, 3.63) is 53.7 Å². The Balaban J connectivity index is 1.47. The lowest BCUT2D eigenvalue weighted by Crippen LogP contribution is -2.59. The van der Waals surface area contributed by atoms with Gasteiger partial charge in [0.2, 0.25) is 0 Å². The first-order chi connectivity index (χ1) is 11.8. The molecule has 0 radical (unpaired) electrons. The molecule has 126 valence electrons. The second-order valence-electron chi connectivity index (χ2n) is 7.66. The van der Waals surface area contributed by atoms with Gasteiger partial charge in [0.25, 0.3) is 0 Å². The third-order valence-corrected chi connectivity index (χ3v) is 6.35. The predicted molar refractivity (Wildman–Crippen MR) is 92.7 cm³/mol. The SMILES string of the molecule is Cc1nc(CN2C[C@@H](c3ccccc3)[C@@H]3[C@H]2C2CCN3CC2)co1. The number of aromatic nitrogens is 1. The van der Waals surface area contributed by atoms with Gasteiger partial charge in [-0.15, -0.1) is 0 Å². The van der Waals surface area contributed by atoms with Crippen molar-refractivity contribution in [3.8, 4) is 0 Å². The average molecular weight is 323 g/mol. The zero-order valence-electron chi connectivity index (χ0n) is 14.3. The van der Waals surface area contributed by atoms with E-state index in [1.165, 1.54) is 31.5 Å². The van der Waals surface area contributed by atoms with Crippen LogP contribution in [0.2, 0.25) is 0 Å². The Morgan fingerprint density at radius 1 is 1.12 bits per heavy atom. The first-order valence-corrected chi connectivity index (χ1v) is 9.23. The van der Waals surface area contributed by atoms with E-state index >= 15 is 0 Å². The van der Waals surface area contributed by atoms with Crippen LogP contribution in [-0.4, -0.2) is 46.5 Å². The minimum absolute atomic E-state index is 0.618. The minimum Gasteiger partial charge on any atom is -0.449 e. The van der Waals surface area contributed by atoms with Crippen molar-refractivity contribution in [1.82, 2.24) is 14.8 Å². The van der Waals surface area contributed by atoms with Gasteiger partial charge >= 0.3 is 0 Å². The quantitative estimate of drug-likeness (QED) is 0.869. The van der Waals surface area contributed by atoms with Crippen LogP contribution >= 0.6 is 0 Å². The minimum atomic E-state index is 0.618. The Hall–Kier alpha value is -1.65. The highest BCUT2D eigenvalue weighted by Crippen LogP contribution is 2.46. The molecule has 1 aromatic carbocycles. The molecule has 4 fully saturated rings. The molecule has 2 bridgehead atoms. The van der Waals surface area contributed by atoms with E-state index in [2.05, 4.69) is 45.1 Å². The molecule has 0 saturated carbocycles. The van der Waals surface area contributed by atoms with Gasteiger partial charge in [-0.25, -0.2) is 4.98 Å². The Morgan fingerprint density at radius 2 is 1.92 bits per heavy atom. The van der Waals surface area contributed by atoms with Gasteiger partial charge in [0.05, 0.1) is 5.69 Å². The third kappa shape index (κ3) is 2.32. The molecule has 5 heterocycles. The topological polar surface area (TPSA) is 32.5 Å².